The van der Waals surface area contributed by atoms with E-state index in [2.05, 4.69) is 41.7 Å². The van der Waals surface area contributed by atoms with Gasteiger partial charge in [-0.25, -0.2) is 4.39 Å². The summed E-state index contributed by atoms with van der Waals surface area (Å²) in [7, 11) is 0. The highest BCUT2D eigenvalue weighted by atomic mass is 19.4. The Bertz CT molecular complexity index is 1200. The van der Waals surface area contributed by atoms with Gasteiger partial charge in [0.15, 0.2) is 0 Å². The fourth-order valence-electron chi connectivity index (χ4n) is 4.42. The number of hydrogen-bond donors (Lipinski definition) is 0. The van der Waals surface area contributed by atoms with Crippen molar-refractivity contribution in [2.75, 3.05) is 0 Å². The summed E-state index contributed by atoms with van der Waals surface area (Å²) in [6.07, 6.45) is 0.910. The topological polar surface area (TPSA) is 9.23 Å². The van der Waals surface area contributed by atoms with Crippen LogP contribution in [0.1, 0.15) is 65.5 Å². The maximum Gasteiger partial charge on any atom is 0.573 e. The van der Waals surface area contributed by atoms with E-state index >= 15 is 0 Å². The molecule has 0 fully saturated rings. The fourth-order valence-corrected chi connectivity index (χ4v) is 4.42. The van der Waals surface area contributed by atoms with E-state index in [-0.39, 0.29) is 17.5 Å². The molecule has 1 aliphatic rings. The third-order valence-electron chi connectivity index (χ3n) is 6.20. The Hall–Kier alpha value is -3.26. The van der Waals surface area contributed by atoms with Gasteiger partial charge in [-0.1, -0.05) is 43.4 Å². The van der Waals surface area contributed by atoms with Gasteiger partial charge >= 0.3 is 6.36 Å². The van der Waals surface area contributed by atoms with Crippen molar-refractivity contribution in [3.63, 3.8) is 0 Å². The van der Waals surface area contributed by atoms with Crippen molar-refractivity contribution < 1.29 is 22.3 Å². The van der Waals surface area contributed by atoms with Crippen LogP contribution in [-0.2, 0) is 19.3 Å². The second-order valence-electron chi connectivity index (χ2n) is 8.70. The van der Waals surface area contributed by atoms with Crippen molar-refractivity contribution in [3.8, 4) is 17.6 Å². The van der Waals surface area contributed by atoms with Crippen LogP contribution in [0, 0.1) is 17.7 Å². The molecule has 0 aromatic heterocycles. The second-order valence-corrected chi connectivity index (χ2v) is 8.70. The number of fused-ring (bicyclic) bond motifs is 1. The SMILES string of the molecule is CCCCc1ccc(C2CCc3cc(C#Cc4ccc(OC(F)(F)F)cc4)ccc3C2)c(F)c1. The predicted molar refractivity (Wildman–Crippen MR) is 125 cm³/mol. The zero-order valence-corrected chi connectivity index (χ0v) is 19.0. The van der Waals surface area contributed by atoms with Gasteiger partial charge < -0.3 is 4.74 Å². The molecule has 0 aliphatic heterocycles. The molecule has 5 heteroatoms. The van der Waals surface area contributed by atoms with Crippen molar-refractivity contribution in [2.24, 2.45) is 0 Å². The molecule has 0 heterocycles. The molecule has 1 aliphatic carbocycles. The number of alkyl halides is 3. The number of halogens is 4. The maximum absolute atomic E-state index is 14.8. The van der Waals surface area contributed by atoms with Crippen molar-refractivity contribution in [1.82, 2.24) is 0 Å². The number of unbranched alkanes of at least 4 members (excludes halogenated alkanes) is 1. The summed E-state index contributed by atoms with van der Waals surface area (Å²) in [4.78, 5) is 0. The van der Waals surface area contributed by atoms with Gasteiger partial charge in [-0.15, -0.1) is 13.2 Å². The van der Waals surface area contributed by atoms with E-state index in [1.807, 2.05) is 12.1 Å². The van der Waals surface area contributed by atoms with E-state index in [0.717, 1.165) is 55.2 Å². The van der Waals surface area contributed by atoms with Gasteiger partial charge in [0.1, 0.15) is 11.6 Å². The maximum atomic E-state index is 14.8. The van der Waals surface area contributed by atoms with E-state index in [9.17, 15) is 17.6 Å². The van der Waals surface area contributed by atoms with E-state index < -0.39 is 6.36 Å². The van der Waals surface area contributed by atoms with Crippen LogP contribution in [0.4, 0.5) is 17.6 Å². The van der Waals surface area contributed by atoms with Gasteiger partial charge in [-0.2, -0.15) is 0 Å². The molecule has 1 nitrogen and oxygen atoms in total. The van der Waals surface area contributed by atoms with Crippen LogP contribution in [-0.4, -0.2) is 6.36 Å². The molecule has 34 heavy (non-hydrogen) atoms. The lowest BCUT2D eigenvalue weighted by Gasteiger charge is -2.25. The lowest BCUT2D eigenvalue weighted by molar-refractivity contribution is -0.274. The molecular weight excluding hydrogens is 440 g/mol. The van der Waals surface area contributed by atoms with Crippen molar-refractivity contribution in [1.29, 1.82) is 0 Å². The van der Waals surface area contributed by atoms with Crippen molar-refractivity contribution in [2.45, 2.75) is 57.7 Å². The monoisotopic (exact) mass is 466 g/mol. The van der Waals surface area contributed by atoms with Crippen molar-refractivity contribution in [3.05, 3.63) is 99.9 Å². The molecule has 0 spiro atoms. The third-order valence-corrected chi connectivity index (χ3v) is 6.20. The largest absolute Gasteiger partial charge is 0.573 e. The molecule has 0 N–H and O–H groups in total. The van der Waals surface area contributed by atoms with E-state index in [0.29, 0.717) is 5.56 Å². The summed E-state index contributed by atoms with van der Waals surface area (Å²) in [5, 5.41) is 0. The van der Waals surface area contributed by atoms with Gasteiger partial charge in [0.2, 0.25) is 0 Å². The van der Waals surface area contributed by atoms with Crippen LogP contribution in [0.15, 0.2) is 60.7 Å². The summed E-state index contributed by atoms with van der Waals surface area (Å²) < 4.78 is 55.5. The highest BCUT2D eigenvalue weighted by Crippen LogP contribution is 2.34. The van der Waals surface area contributed by atoms with Gasteiger partial charge in [-0.05, 0) is 103 Å². The Kier molecular flexibility index (Phi) is 7.26. The van der Waals surface area contributed by atoms with E-state index in [1.165, 1.54) is 35.4 Å². The Morgan fingerprint density at radius 3 is 2.35 bits per heavy atom. The average molecular weight is 467 g/mol. The molecule has 0 bridgehead atoms. The first-order valence-corrected chi connectivity index (χ1v) is 11.6. The molecule has 0 amide bonds. The predicted octanol–water partition coefficient (Wildman–Crippen LogP) is 7.74. The molecule has 1 atom stereocenters. The molecule has 3 aromatic rings. The normalized spacial score (nSPS) is 15.3. The molecule has 176 valence electrons. The van der Waals surface area contributed by atoms with Crippen LogP contribution in [0.25, 0.3) is 0 Å². The first kappa shape index (κ1) is 23.9. The zero-order chi connectivity index (χ0) is 24.1. The minimum absolute atomic E-state index is 0.101. The van der Waals surface area contributed by atoms with Crippen LogP contribution >= 0.6 is 0 Å². The van der Waals surface area contributed by atoms with Crippen LogP contribution in [0.3, 0.4) is 0 Å². The van der Waals surface area contributed by atoms with Crippen LogP contribution in [0.5, 0.6) is 5.75 Å². The number of hydrogen-bond acceptors (Lipinski definition) is 1. The molecule has 3 aromatic carbocycles. The Morgan fingerprint density at radius 1 is 0.912 bits per heavy atom. The van der Waals surface area contributed by atoms with E-state index in [4.69, 9.17) is 0 Å². The zero-order valence-electron chi connectivity index (χ0n) is 19.0. The average Bonchev–Trinajstić information content (AvgIpc) is 2.81. The Morgan fingerprint density at radius 2 is 1.65 bits per heavy atom. The summed E-state index contributed by atoms with van der Waals surface area (Å²) in [5.41, 5.74) is 5.74. The third kappa shape index (κ3) is 6.20. The second kappa shape index (κ2) is 10.3. The highest BCUT2D eigenvalue weighted by Gasteiger charge is 2.31. The first-order valence-electron chi connectivity index (χ1n) is 11.6. The molecule has 4 rings (SSSR count). The first-order chi connectivity index (χ1) is 16.3. The van der Waals surface area contributed by atoms with Gasteiger partial charge in [0, 0.05) is 11.1 Å². The molecule has 0 saturated heterocycles. The van der Waals surface area contributed by atoms with Crippen LogP contribution in [0.2, 0.25) is 0 Å². The number of aryl methyl sites for hydroxylation is 2. The van der Waals surface area contributed by atoms with Crippen molar-refractivity contribution >= 4 is 0 Å². The fraction of sp³-hybridized carbons (Fsp3) is 0.310. The lowest BCUT2D eigenvalue weighted by Crippen LogP contribution is -2.16. The molecule has 1 unspecified atom stereocenters. The summed E-state index contributed by atoms with van der Waals surface area (Å²) in [6, 6.07) is 17.3. The van der Waals surface area contributed by atoms with Gasteiger partial charge in [0.25, 0.3) is 0 Å². The summed E-state index contributed by atoms with van der Waals surface area (Å²) >= 11 is 0. The number of ether oxygens (including phenoxy) is 1. The minimum atomic E-state index is -4.71. The smallest absolute Gasteiger partial charge is 0.406 e. The standard InChI is InChI=1S/C29H26F4O/c1-2-3-4-21-10-16-27(28(30)18-21)25-13-12-23-17-22(7-11-24(23)19-25)6-5-20-8-14-26(15-9-20)34-29(31,32)33/h7-11,14-18,25H,2-4,12-13,19H2,1H3. The lowest BCUT2D eigenvalue weighted by atomic mass is 9.79. The summed E-state index contributed by atoms with van der Waals surface area (Å²) in [5.74, 6) is 5.86. The summed E-state index contributed by atoms with van der Waals surface area (Å²) in [6.45, 7) is 2.13. The number of benzene rings is 3. The quantitative estimate of drug-likeness (QED) is 0.276. The van der Waals surface area contributed by atoms with E-state index in [1.54, 1.807) is 6.07 Å². The molecular formula is C29H26F4O. The van der Waals surface area contributed by atoms with Crippen LogP contribution < -0.4 is 4.74 Å². The molecule has 0 radical (unpaired) electrons. The minimum Gasteiger partial charge on any atom is -0.406 e. The number of rotatable bonds is 5. The highest BCUT2D eigenvalue weighted by molar-refractivity contribution is 5.48. The van der Waals surface area contributed by atoms with Gasteiger partial charge in [-0.3, -0.25) is 0 Å². The Balaban J connectivity index is 1.43. The molecule has 0 saturated carbocycles. The Labute approximate surface area is 197 Å². The van der Waals surface area contributed by atoms with Gasteiger partial charge in [0.05, 0.1) is 0 Å².